The fourth-order valence-corrected chi connectivity index (χ4v) is 10.9. The number of sulfonamides is 1. The number of carbonyl (C=O) groups excluding carboxylic acids is 4. The van der Waals surface area contributed by atoms with Crippen LogP contribution in [0.25, 0.3) is 21.7 Å². The number of hydrogen-bond acceptors (Lipinski definition) is 16. The van der Waals surface area contributed by atoms with Crippen molar-refractivity contribution in [3.63, 3.8) is 0 Å². The quantitative estimate of drug-likeness (QED) is 0.0277. The van der Waals surface area contributed by atoms with Crippen LogP contribution in [0.3, 0.4) is 0 Å². The van der Waals surface area contributed by atoms with Crippen molar-refractivity contribution in [2.45, 2.75) is 122 Å². The van der Waals surface area contributed by atoms with Gasteiger partial charge >= 0.3 is 12.4 Å². The van der Waals surface area contributed by atoms with Crippen LogP contribution in [0.1, 0.15) is 83.4 Å². The van der Waals surface area contributed by atoms with Gasteiger partial charge in [0, 0.05) is 74.0 Å². The summed E-state index contributed by atoms with van der Waals surface area (Å²) in [7, 11) is -2.16. The normalized spacial score (nSPS) is 14.8. The van der Waals surface area contributed by atoms with Gasteiger partial charge in [-0.05, 0) is 103 Å². The first-order valence-corrected chi connectivity index (χ1v) is 29.8. The van der Waals surface area contributed by atoms with Crippen LogP contribution >= 0.6 is 11.3 Å². The molecule has 0 saturated carbocycles. The highest BCUT2D eigenvalue weighted by Gasteiger charge is 2.44. The lowest BCUT2D eigenvalue weighted by molar-refractivity contribution is -0.274. The number of hydrogen-bond donors (Lipinski definition) is 7. The van der Waals surface area contributed by atoms with E-state index in [1.807, 2.05) is 52.0 Å². The molecule has 22 nitrogen and oxygen atoms in total. The highest BCUT2D eigenvalue weighted by atomic mass is 32.2. The van der Waals surface area contributed by atoms with E-state index in [1.54, 1.807) is 65.2 Å². The number of benzene rings is 4. The monoisotopic (exact) mass is 1210 g/mol. The van der Waals surface area contributed by atoms with Crippen molar-refractivity contribution in [2.24, 2.45) is 10.6 Å². The maximum absolute atomic E-state index is 14.1. The van der Waals surface area contributed by atoms with Gasteiger partial charge in [0.1, 0.15) is 29.3 Å². The molecule has 7 aromatic rings. The molecule has 3 atom stereocenters. The second-order valence-corrected chi connectivity index (χ2v) is 24.0. The molecular weight excluding hydrogens is 1140 g/mol. The Balaban J connectivity index is 0.766. The van der Waals surface area contributed by atoms with Crippen LogP contribution in [0.15, 0.2) is 120 Å². The zero-order valence-corrected chi connectivity index (χ0v) is 49.0. The summed E-state index contributed by atoms with van der Waals surface area (Å²) >= 11 is 1.56. The number of primary sulfonamides is 1. The van der Waals surface area contributed by atoms with Gasteiger partial charge in [0.15, 0.2) is 0 Å². The van der Waals surface area contributed by atoms with Crippen LogP contribution < -0.4 is 41.4 Å². The number of ether oxygens (including phenoxy) is 1. The fourth-order valence-electron chi connectivity index (χ4n) is 9.50. The number of nitrogens with two attached hydrogens (primary N) is 1. The SMILES string of the molecule is Cc1ncsc1-c1ccc(CNC(=O)[C@@H]2C[C@@H](O)CN2C(=O)C(NC(=O)CCCCCCCCn2cc(-c3cc(NC(=O)Nc4ccc(N(C)c5ccnc(Nc6cccc(S(N)(=O)=O)c6)n5)cc4)ccc3OC(F)(F)F)nn2)C(C)(C)C)cc1. The Kier molecular flexibility index (Phi) is 20.2. The Labute approximate surface area is 493 Å². The van der Waals surface area contributed by atoms with Crippen molar-refractivity contribution in [3.8, 4) is 27.4 Å². The molecule has 8 rings (SSSR count). The topological polar surface area (TPSA) is 294 Å². The molecule has 1 aliphatic rings. The minimum atomic E-state index is -5.02. The lowest BCUT2D eigenvalue weighted by Gasteiger charge is -2.35. The number of aliphatic hydroxyl groups is 1. The van der Waals surface area contributed by atoms with Crippen molar-refractivity contribution in [3.05, 3.63) is 126 Å². The molecule has 4 aromatic carbocycles. The van der Waals surface area contributed by atoms with Crippen LogP contribution in [-0.2, 0) is 37.5 Å². The number of anilines is 6. The van der Waals surface area contributed by atoms with E-state index in [9.17, 15) is 45.9 Å². The third-order valence-corrected chi connectivity index (χ3v) is 15.8. The maximum Gasteiger partial charge on any atom is 0.573 e. The largest absolute Gasteiger partial charge is 0.573 e. The summed E-state index contributed by atoms with van der Waals surface area (Å²) < 4.78 is 70.1. The average Bonchev–Trinajstić information content (AvgIpc) is 3.81. The summed E-state index contributed by atoms with van der Waals surface area (Å²) in [6.45, 7) is 8.08. The smallest absolute Gasteiger partial charge is 0.405 e. The molecule has 0 radical (unpaired) electrons. The van der Waals surface area contributed by atoms with Gasteiger partial charge < -0.3 is 46.2 Å². The molecule has 1 fully saturated rings. The predicted octanol–water partition coefficient (Wildman–Crippen LogP) is 9.41. The van der Waals surface area contributed by atoms with Crippen molar-refractivity contribution in [1.29, 1.82) is 0 Å². The predicted molar refractivity (Wildman–Crippen MR) is 316 cm³/mol. The third kappa shape index (κ3) is 17.5. The number of carbonyl (C=O) groups is 4. The third-order valence-electron chi connectivity index (χ3n) is 13.9. The summed E-state index contributed by atoms with van der Waals surface area (Å²) in [6.07, 6.45) is 1.81. The van der Waals surface area contributed by atoms with Crippen LogP contribution in [0.5, 0.6) is 5.75 Å². The summed E-state index contributed by atoms with van der Waals surface area (Å²) in [6, 6.07) is 23.2. The minimum absolute atomic E-state index is 0.0306. The molecule has 8 N–H and O–H groups in total. The summed E-state index contributed by atoms with van der Waals surface area (Å²) in [4.78, 5) is 71.2. The van der Waals surface area contributed by atoms with Gasteiger partial charge in [-0.3, -0.25) is 19.1 Å². The van der Waals surface area contributed by atoms with Crippen LogP contribution in [0, 0.1) is 12.3 Å². The first-order chi connectivity index (χ1) is 40.4. The number of aryl methyl sites for hydroxylation is 2. The van der Waals surface area contributed by atoms with Crippen molar-refractivity contribution < 1.29 is 50.6 Å². The summed E-state index contributed by atoms with van der Waals surface area (Å²) in [5, 5.41) is 38.3. The number of nitrogens with one attached hydrogen (secondary N) is 5. The summed E-state index contributed by atoms with van der Waals surface area (Å²) in [5.41, 5.74) is 5.60. The van der Waals surface area contributed by atoms with Gasteiger partial charge in [0.25, 0.3) is 0 Å². The zero-order chi connectivity index (χ0) is 61.1. The van der Waals surface area contributed by atoms with E-state index < -0.39 is 57.7 Å². The van der Waals surface area contributed by atoms with Crippen LogP contribution in [-0.4, -0.2) is 110 Å². The van der Waals surface area contributed by atoms with Crippen LogP contribution in [0.2, 0.25) is 0 Å². The number of aliphatic hydroxyl groups excluding tert-OH is 1. The molecule has 27 heteroatoms. The van der Waals surface area contributed by atoms with Gasteiger partial charge in [-0.1, -0.05) is 82.0 Å². The van der Waals surface area contributed by atoms with Gasteiger partial charge in [0.2, 0.25) is 33.7 Å². The Morgan fingerprint density at radius 3 is 2.28 bits per heavy atom. The average molecular weight is 1210 g/mol. The van der Waals surface area contributed by atoms with Crippen LogP contribution in [0.4, 0.5) is 52.5 Å². The number of rotatable bonds is 24. The first kappa shape index (κ1) is 62.5. The molecule has 1 unspecified atom stereocenters. The molecule has 3 aromatic heterocycles. The highest BCUT2D eigenvalue weighted by molar-refractivity contribution is 7.89. The number of alkyl halides is 3. The molecule has 1 saturated heterocycles. The fraction of sp³-hybridized carbons (Fsp3) is 0.362. The van der Waals surface area contributed by atoms with Crippen molar-refractivity contribution in [1.82, 2.24) is 45.5 Å². The van der Waals surface area contributed by atoms with E-state index in [1.165, 1.54) is 52.3 Å². The Morgan fingerprint density at radius 2 is 1.59 bits per heavy atom. The Hall–Kier alpha value is -8.53. The summed E-state index contributed by atoms with van der Waals surface area (Å²) in [5.74, 6) is -0.978. The molecular formula is C58H67F3N14O8S2. The van der Waals surface area contributed by atoms with E-state index in [0.717, 1.165) is 53.4 Å². The first-order valence-electron chi connectivity index (χ1n) is 27.4. The Bertz CT molecular complexity index is 3580. The number of aromatic nitrogens is 6. The number of nitrogens with zero attached hydrogens (tertiary/aromatic N) is 8. The number of β-amino-alcohol motifs (C(OH)–C–C–N with tert-alkyl or cyclic N) is 1. The van der Waals surface area contributed by atoms with Gasteiger partial charge in [-0.2, -0.15) is 4.98 Å². The minimum Gasteiger partial charge on any atom is -0.405 e. The maximum atomic E-state index is 14.1. The molecule has 4 heterocycles. The van der Waals surface area contributed by atoms with Gasteiger partial charge in [0.05, 0.1) is 33.3 Å². The number of amides is 5. The number of urea groups is 1. The molecule has 0 bridgehead atoms. The van der Waals surface area contributed by atoms with Gasteiger partial charge in [-0.25, -0.2) is 28.3 Å². The van der Waals surface area contributed by atoms with E-state index in [2.05, 4.69) is 56.6 Å². The molecule has 450 valence electrons. The van der Waals surface area contributed by atoms with E-state index in [4.69, 9.17) is 5.14 Å². The Morgan fingerprint density at radius 1 is 0.882 bits per heavy atom. The second-order valence-electron chi connectivity index (χ2n) is 21.6. The van der Waals surface area contributed by atoms with Crippen molar-refractivity contribution >= 4 is 79.6 Å². The van der Waals surface area contributed by atoms with Crippen molar-refractivity contribution in [2.75, 3.05) is 34.4 Å². The van der Waals surface area contributed by atoms with E-state index in [0.29, 0.717) is 42.3 Å². The van der Waals surface area contributed by atoms with E-state index in [-0.39, 0.29) is 65.5 Å². The lowest BCUT2D eigenvalue weighted by Crippen LogP contribution is -2.57. The number of halogens is 3. The molecule has 85 heavy (non-hydrogen) atoms. The molecule has 0 spiro atoms. The second kappa shape index (κ2) is 27.5. The molecule has 5 amide bonds. The number of unbranched alkanes of at least 4 members (excludes halogenated alkanes) is 5. The number of likely N-dealkylation sites (tertiary alicyclic amines) is 1. The molecule has 1 aliphatic heterocycles. The molecule has 0 aliphatic carbocycles. The number of thiazole rings is 1. The van der Waals surface area contributed by atoms with Gasteiger partial charge in [-0.15, -0.1) is 29.6 Å². The lowest BCUT2D eigenvalue weighted by atomic mass is 9.85. The van der Waals surface area contributed by atoms with E-state index >= 15 is 0 Å². The highest BCUT2D eigenvalue weighted by Crippen LogP contribution is 2.36. The zero-order valence-electron chi connectivity index (χ0n) is 47.4. The standard InChI is InChI=1S/C58H67F3N14O8S2/c1-36-51(84-35-65-36)38-18-16-37(17-19-38)32-64-53(78)47-31-43(76)33-75(47)54(79)52(57(2,3)4)70-50(77)15-10-8-6-7-9-11-28-74-34-46(71-72-74)45-30-41(22-25-48(45)83-58(59,60)61)68-56(80)67-39-20-23-42(24-21-39)73(5)49-26-27-63-55(69-49)66-40-13-12-14-44(29-40)85(62,81)82/h12-14,16-27,29-30,34-35,43,47,52,76H,6-11,15,28,31-33H2,1-5H3,(H,64,78)(H,70,77)(H2,62,81,82)(H,63,66,69)(H2,67,68,80)/t43-,47+,52?/m1/s1.